The molecule has 0 aliphatic carbocycles. The molecule has 5 heteroatoms. The lowest BCUT2D eigenvalue weighted by atomic mass is 9.34. The van der Waals surface area contributed by atoms with E-state index in [4.69, 9.17) is 4.74 Å². The van der Waals surface area contributed by atoms with Crippen molar-refractivity contribution in [2.45, 2.75) is 0 Å². The van der Waals surface area contributed by atoms with Crippen LogP contribution in [0, 0.1) is 0 Å². The largest absolute Gasteiger partial charge is 0.458 e. The molecule has 0 fully saturated rings. The molecule has 2 aliphatic heterocycles. The third kappa shape index (κ3) is 6.25. The van der Waals surface area contributed by atoms with Crippen LogP contribution in [0.25, 0.3) is 60.5 Å². The van der Waals surface area contributed by atoms with E-state index in [0.717, 1.165) is 73.2 Å². The Morgan fingerprint density at radius 2 is 0.942 bits per heavy atom. The summed E-state index contributed by atoms with van der Waals surface area (Å²) in [5.41, 5.74) is 18.3. The normalized spacial score (nSPS) is 12.4. The molecule has 0 saturated carbocycles. The maximum Gasteiger partial charge on any atom is 0.256 e. The second-order valence-corrected chi connectivity index (χ2v) is 18.0. The van der Waals surface area contributed by atoms with Crippen molar-refractivity contribution in [1.82, 2.24) is 4.57 Å². The van der Waals surface area contributed by atoms with Crippen LogP contribution in [0.5, 0.6) is 11.5 Å². The Labute approximate surface area is 401 Å². The van der Waals surface area contributed by atoms with Crippen molar-refractivity contribution in [3.63, 3.8) is 0 Å². The fraction of sp³-hybridized carbons (Fsp3) is 0. The molecule has 69 heavy (non-hydrogen) atoms. The first kappa shape index (κ1) is 39.1. The molecule has 1 aromatic heterocycles. The number of hydrogen-bond acceptors (Lipinski definition) is 3. The smallest absolute Gasteiger partial charge is 0.256 e. The van der Waals surface area contributed by atoms with Crippen molar-refractivity contribution >= 4 is 89.8 Å². The van der Waals surface area contributed by atoms with Gasteiger partial charge in [-0.1, -0.05) is 170 Å². The van der Waals surface area contributed by atoms with Crippen LogP contribution in [0.3, 0.4) is 0 Å². The van der Waals surface area contributed by atoms with E-state index in [-0.39, 0.29) is 6.71 Å². The summed E-state index contributed by atoms with van der Waals surface area (Å²) in [5.74, 6) is 1.76. The molecule has 11 aromatic carbocycles. The highest BCUT2D eigenvalue weighted by atomic mass is 16.5. The van der Waals surface area contributed by atoms with Crippen LogP contribution in [0.15, 0.2) is 255 Å². The first-order valence-electron chi connectivity index (χ1n) is 23.7. The van der Waals surface area contributed by atoms with Gasteiger partial charge in [-0.05, 0) is 129 Å². The number of benzene rings is 11. The summed E-state index contributed by atoms with van der Waals surface area (Å²) in [5, 5.41) is 4.70. The second kappa shape index (κ2) is 15.8. The van der Waals surface area contributed by atoms with E-state index in [2.05, 4.69) is 269 Å². The highest BCUT2D eigenvalue weighted by Crippen LogP contribution is 2.48. The molecule has 0 radical (unpaired) electrons. The van der Waals surface area contributed by atoms with Crippen molar-refractivity contribution in [2.75, 3.05) is 9.80 Å². The molecule has 0 unspecified atom stereocenters. The summed E-state index contributed by atoms with van der Waals surface area (Å²) in [4.78, 5) is 4.85. The van der Waals surface area contributed by atoms with E-state index in [9.17, 15) is 0 Å². The SMILES string of the molecule is c1ccc(-c2cccc(N3c4cc(-c5ccccc5)ccc4B4c5cc6c(cc5Oc5cccc3c54)c3c4ccccc4c(N(c4ccccc4)c4ccccc4)cc3n6-c3ccccc3)c2)cc1. The molecule has 12 aromatic rings. The van der Waals surface area contributed by atoms with Crippen molar-refractivity contribution in [3.05, 3.63) is 255 Å². The summed E-state index contributed by atoms with van der Waals surface area (Å²) >= 11 is 0. The monoisotopic (exact) mass is 879 g/mol. The summed E-state index contributed by atoms with van der Waals surface area (Å²) in [6.07, 6.45) is 0. The van der Waals surface area contributed by atoms with Gasteiger partial charge in [0.15, 0.2) is 0 Å². The Morgan fingerprint density at radius 1 is 0.362 bits per heavy atom. The molecule has 0 N–H and O–H groups in total. The van der Waals surface area contributed by atoms with E-state index >= 15 is 0 Å². The van der Waals surface area contributed by atoms with Crippen LogP contribution >= 0.6 is 0 Å². The fourth-order valence-corrected chi connectivity index (χ4v) is 11.2. The van der Waals surface area contributed by atoms with Gasteiger partial charge in [0.25, 0.3) is 6.71 Å². The Bertz CT molecular complexity index is 3890. The molecular formula is C64H42BN3O. The second-order valence-electron chi connectivity index (χ2n) is 18.0. The molecule has 0 spiro atoms. The Morgan fingerprint density at radius 3 is 1.64 bits per heavy atom. The molecule has 322 valence electrons. The third-order valence-corrected chi connectivity index (χ3v) is 14.2. The summed E-state index contributed by atoms with van der Waals surface area (Å²) in [6, 6.07) is 92.3. The summed E-state index contributed by atoms with van der Waals surface area (Å²) in [7, 11) is 0. The summed E-state index contributed by atoms with van der Waals surface area (Å²) < 4.78 is 9.70. The molecule has 0 bridgehead atoms. The maximum absolute atomic E-state index is 7.23. The highest BCUT2D eigenvalue weighted by molar-refractivity contribution is 6.99. The molecule has 0 atom stereocenters. The minimum absolute atomic E-state index is 0.0982. The van der Waals surface area contributed by atoms with Gasteiger partial charge >= 0.3 is 0 Å². The minimum atomic E-state index is -0.0982. The van der Waals surface area contributed by atoms with Crippen molar-refractivity contribution in [3.8, 4) is 39.4 Å². The van der Waals surface area contributed by atoms with E-state index in [1.807, 2.05) is 0 Å². The average Bonchev–Trinajstić information content (AvgIpc) is 3.74. The van der Waals surface area contributed by atoms with E-state index in [0.29, 0.717) is 0 Å². The Balaban J connectivity index is 1.04. The number of rotatable bonds is 7. The topological polar surface area (TPSA) is 20.6 Å². The van der Waals surface area contributed by atoms with Gasteiger partial charge in [-0.3, -0.25) is 0 Å². The predicted octanol–water partition coefficient (Wildman–Crippen LogP) is 15.1. The van der Waals surface area contributed by atoms with Gasteiger partial charge in [-0.2, -0.15) is 0 Å². The zero-order valence-electron chi connectivity index (χ0n) is 37.6. The number of anilines is 6. The number of fused-ring (bicyclic) bond motifs is 9. The lowest BCUT2D eigenvalue weighted by molar-refractivity contribution is 0.488. The third-order valence-electron chi connectivity index (χ3n) is 14.2. The van der Waals surface area contributed by atoms with Gasteiger partial charge in [0.05, 0.1) is 16.7 Å². The molecule has 2 aliphatic rings. The van der Waals surface area contributed by atoms with Crippen molar-refractivity contribution < 1.29 is 4.74 Å². The standard InChI is InChI=1S/C64H42BN3O/c1-6-20-43(21-7-1)45-24-18-31-50(38-45)68-56-34-19-35-61-64(56)65(54-37-36-46(39-59(54)68)44-22-8-2-9-23-44)55-41-57-53(40-62(55)69-61)63-52-33-17-16-32-51(52)58(42-60(63)67(57)49-29-14-5-15-30-49)66(47-25-10-3-11-26-47)48-27-12-4-13-28-48/h1-42H. The van der Waals surface area contributed by atoms with Crippen molar-refractivity contribution in [2.24, 2.45) is 0 Å². The number of para-hydroxylation sites is 3. The van der Waals surface area contributed by atoms with Crippen molar-refractivity contribution in [1.29, 1.82) is 0 Å². The van der Waals surface area contributed by atoms with Gasteiger partial charge in [-0.25, -0.2) is 0 Å². The number of hydrogen-bond donors (Lipinski definition) is 0. The average molecular weight is 880 g/mol. The molecule has 0 amide bonds. The zero-order valence-corrected chi connectivity index (χ0v) is 37.6. The van der Waals surface area contributed by atoms with Crippen LogP contribution in [-0.4, -0.2) is 11.3 Å². The van der Waals surface area contributed by atoms with Crippen LogP contribution in [0.1, 0.15) is 0 Å². The minimum Gasteiger partial charge on any atom is -0.458 e. The lowest BCUT2D eigenvalue weighted by Gasteiger charge is -2.40. The highest BCUT2D eigenvalue weighted by Gasteiger charge is 2.42. The van der Waals surface area contributed by atoms with E-state index in [1.165, 1.54) is 49.3 Å². The first-order chi connectivity index (χ1) is 34.2. The molecule has 0 saturated heterocycles. The van der Waals surface area contributed by atoms with E-state index in [1.54, 1.807) is 0 Å². The van der Waals surface area contributed by atoms with Crippen LogP contribution in [0.4, 0.5) is 34.1 Å². The summed E-state index contributed by atoms with van der Waals surface area (Å²) in [6.45, 7) is -0.0982. The molecular weight excluding hydrogens is 838 g/mol. The molecule has 14 rings (SSSR count). The fourth-order valence-electron chi connectivity index (χ4n) is 11.2. The first-order valence-corrected chi connectivity index (χ1v) is 23.7. The quantitative estimate of drug-likeness (QED) is 0.149. The van der Waals surface area contributed by atoms with Gasteiger partial charge < -0.3 is 19.1 Å². The van der Waals surface area contributed by atoms with Gasteiger partial charge in [0.1, 0.15) is 11.5 Å². The predicted molar refractivity (Wildman–Crippen MR) is 290 cm³/mol. The van der Waals surface area contributed by atoms with Gasteiger partial charge in [0.2, 0.25) is 0 Å². The van der Waals surface area contributed by atoms with Crippen LogP contribution < -0.4 is 30.9 Å². The number of aromatic nitrogens is 1. The van der Waals surface area contributed by atoms with E-state index < -0.39 is 0 Å². The van der Waals surface area contributed by atoms with Crippen LogP contribution in [-0.2, 0) is 0 Å². The zero-order chi connectivity index (χ0) is 45.4. The lowest BCUT2D eigenvalue weighted by Crippen LogP contribution is -2.59. The van der Waals surface area contributed by atoms with Gasteiger partial charge in [-0.15, -0.1) is 0 Å². The molecule has 3 heterocycles. The Hall–Kier alpha value is -9.06. The number of nitrogens with zero attached hydrogens (tertiary/aromatic N) is 3. The molecule has 4 nitrogen and oxygen atoms in total. The maximum atomic E-state index is 7.23. The van der Waals surface area contributed by atoms with Crippen LogP contribution in [0.2, 0.25) is 0 Å². The Kier molecular flexibility index (Phi) is 8.96. The number of ether oxygens (including phenoxy) is 1. The van der Waals surface area contributed by atoms with Gasteiger partial charge in [0, 0.05) is 50.3 Å².